The maximum absolute atomic E-state index is 5.04. The SMILES string of the molecule is CC(C[SH2+])c1cnco1. The van der Waals surface area contributed by atoms with Gasteiger partial charge in [0.2, 0.25) is 0 Å². The van der Waals surface area contributed by atoms with Crippen molar-refractivity contribution in [1.29, 1.82) is 0 Å². The first-order valence-electron chi connectivity index (χ1n) is 2.87. The molecule has 0 spiro atoms. The summed E-state index contributed by atoms with van der Waals surface area (Å²) in [4.78, 5) is 3.80. The Morgan fingerprint density at radius 1 is 1.89 bits per heavy atom. The third-order valence-corrected chi connectivity index (χ3v) is 1.86. The minimum absolute atomic E-state index is 0.421. The molecule has 1 unspecified atom stereocenters. The van der Waals surface area contributed by atoms with Gasteiger partial charge in [-0.25, -0.2) is 4.98 Å². The van der Waals surface area contributed by atoms with Crippen molar-refractivity contribution >= 4 is 12.6 Å². The average Bonchev–Trinajstić information content (AvgIpc) is 2.37. The van der Waals surface area contributed by atoms with Crippen LogP contribution in [0.3, 0.4) is 0 Å². The summed E-state index contributed by atoms with van der Waals surface area (Å²) in [6.45, 7) is 2.08. The van der Waals surface area contributed by atoms with Gasteiger partial charge in [-0.1, -0.05) is 6.92 Å². The van der Waals surface area contributed by atoms with E-state index in [-0.39, 0.29) is 0 Å². The average molecular weight is 144 g/mol. The Kier molecular flexibility index (Phi) is 2.16. The highest BCUT2D eigenvalue weighted by Gasteiger charge is 2.07. The van der Waals surface area contributed by atoms with Crippen LogP contribution in [-0.2, 0) is 12.6 Å². The number of rotatable bonds is 2. The van der Waals surface area contributed by atoms with Crippen molar-refractivity contribution < 1.29 is 4.42 Å². The number of aromatic nitrogens is 1. The third kappa shape index (κ3) is 1.48. The first-order chi connectivity index (χ1) is 4.34. The Bertz CT molecular complexity index is 162. The monoisotopic (exact) mass is 144 g/mol. The van der Waals surface area contributed by atoms with E-state index >= 15 is 0 Å². The Morgan fingerprint density at radius 3 is 3.11 bits per heavy atom. The first-order valence-corrected chi connectivity index (χ1v) is 3.58. The summed E-state index contributed by atoms with van der Waals surface area (Å²) in [5.41, 5.74) is 0. The van der Waals surface area contributed by atoms with E-state index in [0.29, 0.717) is 5.92 Å². The zero-order valence-corrected chi connectivity index (χ0v) is 6.29. The molecule has 1 atom stereocenters. The third-order valence-electron chi connectivity index (χ3n) is 1.24. The van der Waals surface area contributed by atoms with E-state index in [1.165, 1.54) is 6.39 Å². The standard InChI is InChI=1S/C6H9NOS/c1-5(3-9)6-2-7-4-8-6/h2,4-5,9H,3H2,1H3/p+1. The summed E-state index contributed by atoms with van der Waals surface area (Å²) < 4.78 is 5.04. The van der Waals surface area contributed by atoms with Crippen LogP contribution in [0.25, 0.3) is 0 Å². The summed E-state index contributed by atoms with van der Waals surface area (Å²) in [6, 6.07) is 0. The van der Waals surface area contributed by atoms with Gasteiger partial charge in [0, 0.05) is 0 Å². The van der Waals surface area contributed by atoms with Gasteiger partial charge in [0.15, 0.2) is 6.39 Å². The summed E-state index contributed by atoms with van der Waals surface area (Å²) in [5, 5.41) is 0. The lowest BCUT2D eigenvalue weighted by Gasteiger charge is -1.95. The summed E-state index contributed by atoms with van der Waals surface area (Å²) in [7, 11) is 0. The van der Waals surface area contributed by atoms with Gasteiger partial charge in [0.05, 0.1) is 12.1 Å². The molecule has 9 heavy (non-hydrogen) atoms. The molecule has 1 rings (SSSR count). The number of oxazole rings is 1. The topological polar surface area (TPSA) is 26.0 Å². The zero-order chi connectivity index (χ0) is 6.69. The van der Waals surface area contributed by atoms with Crippen LogP contribution in [0.5, 0.6) is 0 Å². The molecule has 3 heteroatoms. The second-order valence-electron chi connectivity index (χ2n) is 2.01. The Morgan fingerprint density at radius 2 is 2.67 bits per heavy atom. The molecule has 2 nitrogen and oxygen atoms in total. The van der Waals surface area contributed by atoms with Gasteiger partial charge in [-0.15, -0.1) is 0 Å². The molecule has 0 fully saturated rings. The summed E-state index contributed by atoms with van der Waals surface area (Å²) in [6.07, 6.45) is 3.19. The largest absolute Gasteiger partial charge is 0.448 e. The molecule has 0 aliphatic rings. The molecule has 0 aliphatic heterocycles. The number of nitrogens with zero attached hydrogens (tertiary/aromatic N) is 1. The fourth-order valence-corrected chi connectivity index (χ4v) is 0.771. The second kappa shape index (κ2) is 2.92. The van der Waals surface area contributed by atoms with Crippen LogP contribution in [0.1, 0.15) is 18.6 Å². The van der Waals surface area contributed by atoms with Crippen molar-refractivity contribution in [3.8, 4) is 0 Å². The van der Waals surface area contributed by atoms with Crippen molar-refractivity contribution in [1.82, 2.24) is 4.98 Å². The van der Waals surface area contributed by atoms with Gasteiger partial charge < -0.3 is 4.42 Å². The Balaban J connectivity index is 2.65. The molecule has 1 heterocycles. The minimum atomic E-state index is 0.421. The molecule has 0 aromatic carbocycles. The molecule has 0 saturated heterocycles. The molecule has 0 aliphatic carbocycles. The predicted octanol–water partition coefficient (Wildman–Crippen LogP) is 0.790. The molecular weight excluding hydrogens is 134 g/mol. The lowest BCUT2D eigenvalue weighted by Crippen LogP contribution is -1.93. The highest BCUT2D eigenvalue weighted by Crippen LogP contribution is 2.12. The predicted molar refractivity (Wildman–Crippen MR) is 39.9 cm³/mol. The van der Waals surface area contributed by atoms with Crippen molar-refractivity contribution in [2.45, 2.75) is 12.8 Å². The van der Waals surface area contributed by atoms with Crippen LogP contribution < -0.4 is 0 Å². The summed E-state index contributed by atoms with van der Waals surface area (Å²) in [5.74, 6) is 2.27. The lowest BCUT2D eigenvalue weighted by molar-refractivity contribution is 0.484. The lowest BCUT2D eigenvalue weighted by atomic mass is 10.2. The molecule has 1 aromatic heterocycles. The smallest absolute Gasteiger partial charge is 0.180 e. The van der Waals surface area contributed by atoms with E-state index < -0.39 is 0 Å². The van der Waals surface area contributed by atoms with Gasteiger partial charge in [-0.3, -0.25) is 0 Å². The van der Waals surface area contributed by atoms with E-state index in [9.17, 15) is 0 Å². The van der Waals surface area contributed by atoms with Crippen molar-refractivity contribution in [3.63, 3.8) is 0 Å². The van der Waals surface area contributed by atoms with Crippen LogP contribution in [0.2, 0.25) is 0 Å². The van der Waals surface area contributed by atoms with E-state index in [1.54, 1.807) is 6.20 Å². The van der Waals surface area contributed by atoms with Gasteiger partial charge in [-0.2, -0.15) is 0 Å². The van der Waals surface area contributed by atoms with Gasteiger partial charge in [0.25, 0.3) is 0 Å². The maximum Gasteiger partial charge on any atom is 0.180 e. The molecule has 50 valence electrons. The van der Waals surface area contributed by atoms with E-state index in [2.05, 4.69) is 24.5 Å². The Hall–Kier alpha value is -0.440. The van der Waals surface area contributed by atoms with Gasteiger partial charge in [0.1, 0.15) is 11.5 Å². The van der Waals surface area contributed by atoms with E-state index in [0.717, 1.165) is 11.5 Å². The van der Waals surface area contributed by atoms with Crippen LogP contribution in [0.15, 0.2) is 17.0 Å². The minimum Gasteiger partial charge on any atom is -0.448 e. The molecule has 0 N–H and O–H groups in total. The number of hydrogen-bond acceptors (Lipinski definition) is 2. The highest BCUT2D eigenvalue weighted by atomic mass is 32.1. The van der Waals surface area contributed by atoms with Crippen molar-refractivity contribution in [2.75, 3.05) is 5.75 Å². The molecular formula is C6H10NOS+. The maximum atomic E-state index is 5.04. The fraction of sp³-hybridized carbons (Fsp3) is 0.500. The molecule has 0 saturated carbocycles. The molecule has 0 radical (unpaired) electrons. The highest BCUT2D eigenvalue weighted by molar-refractivity contribution is 7.58. The molecule has 0 amide bonds. The summed E-state index contributed by atoms with van der Waals surface area (Å²) >= 11 is 3.39. The van der Waals surface area contributed by atoms with Gasteiger partial charge in [-0.05, 0) is 12.6 Å². The van der Waals surface area contributed by atoms with Crippen LogP contribution in [0, 0.1) is 0 Å². The Labute approximate surface area is 59.7 Å². The van der Waals surface area contributed by atoms with Crippen molar-refractivity contribution in [2.24, 2.45) is 0 Å². The van der Waals surface area contributed by atoms with Crippen LogP contribution >= 0.6 is 0 Å². The van der Waals surface area contributed by atoms with Gasteiger partial charge >= 0.3 is 0 Å². The van der Waals surface area contributed by atoms with Crippen LogP contribution in [0.4, 0.5) is 0 Å². The van der Waals surface area contributed by atoms with E-state index in [4.69, 9.17) is 4.42 Å². The number of hydrogen-bond donors (Lipinski definition) is 0. The molecule has 1 aromatic rings. The first kappa shape index (κ1) is 6.68. The van der Waals surface area contributed by atoms with E-state index in [1.807, 2.05) is 0 Å². The zero-order valence-electron chi connectivity index (χ0n) is 5.29. The van der Waals surface area contributed by atoms with Crippen molar-refractivity contribution in [3.05, 3.63) is 18.4 Å². The molecule has 0 bridgehead atoms. The normalized spacial score (nSPS) is 13.6. The quantitative estimate of drug-likeness (QED) is 0.573. The second-order valence-corrected chi connectivity index (χ2v) is 2.42. The fourth-order valence-electron chi connectivity index (χ4n) is 0.570. The van der Waals surface area contributed by atoms with Crippen LogP contribution in [-0.4, -0.2) is 10.7 Å².